The monoisotopic (exact) mass is 1420 g/mol. The van der Waals surface area contributed by atoms with E-state index in [-0.39, 0.29) is 58.1 Å². The number of hydrogen-bond donors (Lipinski definition) is 3. The standard InChI is InChI=1S/C39H38F2N8O3.C36H32F2N6O6S/c40-28-8-13-35-45-34(24-47(35)23-28)37(50)44-30-9-11-31(12-10-30)49-38(51)33-21-29(41)22-43-36(33)48(39(49)52)32-3-1-2-27(20-32)26-6-4-25(5-7-26)14-17-46-18-15-42-16-19-46;1-51(48,49)50-16-15-22-5-7-23(8-6-22)24-3-2-4-29(17-24)43-33-30(18-26(38)19-39-33)35(46)44(36(43)47)28-12-10-27(11-13-28)40-34(45)31-21-42-20-25(37)9-14-32(42)41-31/h1-8,13,20-24,30-31,42H,9-12,14-19H2,(H,44,50);2-9,14,17-21,27-28H,10-13,15-16H2,1H3,(H,40,45). The van der Waals surface area contributed by atoms with E-state index in [0.29, 0.717) is 80.5 Å². The molecular weight excluding hydrogens is 1350 g/mol. The van der Waals surface area contributed by atoms with Gasteiger partial charge in [-0.2, -0.15) is 8.42 Å². The lowest BCUT2D eigenvalue weighted by Crippen LogP contribution is -2.45. The summed E-state index contributed by atoms with van der Waals surface area (Å²) in [5.41, 5.74) is 5.40. The van der Waals surface area contributed by atoms with E-state index in [2.05, 4.69) is 65.1 Å². The van der Waals surface area contributed by atoms with Gasteiger partial charge in [0.05, 0.1) is 47.4 Å². The van der Waals surface area contributed by atoms with Crippen LogP contribution >= 0.6 is 0 Å². The van der Waals surface area contributed by atoms with Gasteiger partial charge in [0, 0.05) is 81.7 Å². The minimum atomic E-state index is -3.53. The number of halogens is 4. The molecule has 0 spiro atoms. The first-order valence-electron chi connectivity index (χ1n) is 34.0. The Hall–Kier alpha value is -11.1. The number of fused-ring (bicyclic) bond motifs is 4. The molecule has 12 aromatic rings. The largest absolute Gasteiger partial charge is 0.348 e. The molecule has 2 aliphatic carbocycles. The summed E-state index contributed by atoms with van der Waals surface area (Å²) in [7, 11) is -3.53. The first kappa shape index (κ1) is 69.0. The minimum absolute atomic E-state index is 0.0116. The van der Waals surface area contributed by atoms with E-state index in [0.717, 1.165) is 102 Å². The average Bonchev–Trinajstić information content (AvgIpc) is 1.48. The Balaban J connectivity index is 0.000000174. The molecular formula is C75H70F4N14O9S. The van der Waals surface area contributed by atoms with Crippen LogP contribution in [0.3, 0.4) is 0 Å². The van der Waals surface area contributed by atoms with Crippen LogP contribution in [0.15, 0.2) is 190 Å². The molecule has 15 rings (SSSR count). The van der Waals surface area contributed by atoms with Gasteiger partial charge in [0.1, 0.15) is 46.0 Å². The van der Waals surface area contributed by atoms with Crippen LogP contribution in [0.5, 0.6) is 0 Å². The molecule has 28 heteroatoms. The third-order valence-electron chi connectivity index (χ3n) is 19.3. The fourth-order valence-corrected chi connectivity index (χ4v) is 14.4. The van der Waals surface area contributed by atoms with Gasteiger partial charge in [-0.15, -0.1) is 0 Å². The van der Waals surface area contributed by atoms with E-state index in [4.69, 9.17) is 4.18 Å². The maximum Gasteiger partial charge on any atom is 0.337 e. The fraction of sp³-hybridized carbons (Fsp3) is 0.280. The van der Waals surface area contributed by atoms with Crippen molar-refractivity contribution in [2.24, 2.45) is 0 Å². The minimum Gasteiger partial charge on any atom is -0.348 e. The first-order chi connectivity index (χ1) is 49.7. The Morgan fingerprint density at radius 3 is 1.40 bits per heavy atom. The van der Waals surface area contributed by atoms with Crippen LogP contribution in [0, 0.1) is 23.3 Å². The van der Waals surface area contributed by atoms with E-state index in [1.165, 1.54) is 77.1 Å². The number of carbonyl (C=O) groups excluding carboxylic acids is 2. The number of nitrogens with one attached hydrogen (secondary N) is 3. The summed E-state index contributed by atoms with van der Waals surface area (Å²) in [6.07, 6.45) is 13.4. The predicted octanol–water partition coefficient (Wildman–Crippen LogP) is 9.07. The Kier molecular flexibility index (Phi) is 19.8. The molecule has 2 amide bonds. The van der Waals surface area contributed by atoms with E-state index in [1.54, 1.807) is 24.3 Å². The quantitative estimate of drug-likeness (QED) is 0.0567. The second-order valence-corrected chi connectivity index (χ2v) is 27.8. The number of carbonyl (C=O) groups is 2. The zero-order chi connectivity index (χ0) is 71.6. The van der Waals surface area contributed by atoms with Crippen LogP contribution in [-0.2, 0) is 27.1 Å². The van der Waals surface area contributed by atoms with Gasteiger partial charge in [0.25, 0.3) is 33.1 Å². The molecule has 3 aliphatic rings. The van der Waals surface area contributed by atoms with Crippen molar-refractivity contribution in [3.8, 4) is 33.6 Å². The second-order valence-electron chi connectivity index (χ2n) is 26.2. The van der Waals surface area contributed by atoms with Crippen LogP contribution in [0.4, 0.5) is 17.6 Å². The van der Waals surface area contributed by atoms with Crippen LogP contribution in [-0.4, -0.2) is 130 Å². The Bertz CT molecular complexity index is 5600. The van der Waals surface area contributed by atoms with E-state index < -0.39 is 73.9 Å². The zero-order valence-corrected chi connectivity index (χ0v) is 56.6. The fourth-order valence-electron chi connectivity index (χ4n) is 14.0. The van der Waals surface area contributed by atoms with Gasteiger partial charge in [0.15, 0.2) is 11.3 Å². The Morgan fingerprint density at radius 2 is 0.961 bits per heavy atom. The molecule has 0 radical (unpaired) electrons. The SMILES string of the molecule is CS(=O)(=O)OCCc1ccc(-c2cccc(-n3c(=O)n(C4CCC(NC(=O)c5cn6cc(F)ccc6n5)CC4)c(=O)c4cc(F)cnc43)c2)cc1.O=C(NC1CCC(n2c(=O)c3cc(F)cnc3n(-c3cccc(-c4ccc(CCN5CCNCC5)cc4)c3)c2=O)CC1)c1cn2cc(F)ccc2n1. The normalized spacial score (nSPS) is 17.3. The number of pyridine rings is 4. The highest BCUT2D eigenvalue weighted by Crippen LogP contribution is 2.32. The maximum absolute atomic E-state index is 14.5. The van der Waals surface area contributed by atoms with Gasteiger partial charge in [-0.1, -0.05) is 72.8 Å². The molecule has 4 aromatic carbocycles. The molecule has 3 N–H and O–H groups in total. The number of benzene rings is 4. The molecule has 9 heterocycles. The maximum atomic E-state index is 14.5. The summed E-state index contributed by atoms with van der Waals surface area (Å²) in [6, 6.07) is 36.8. The van der Waals surface area contributed by atoms with Crippen molar-refractivity contribution in [1.82, 2.24) is 67.9 Å². The number of piperazine rings is 1. The molecule has 1 saturated heterocycles. The lowest BCUT2D eigenvalue weighted by molar-refractivity contribution is 0.0909. The lowest BCUT2D eigenvalue weighted by atomic mass is 9.90. The molecule has 0 unspecified atom stereocenters. The summed E-state index contributed by atoms with van der Waals surface area (Å²) < 4.78 is 91.6. The molecule has 0 bridgehead atoms. The summed E-state index contributed by atoms with van der Waals surface area (Å²) >= 11 is 0. The van der Waals surface area contributed by atoms with Gasteiger partial charge >= 0.3 is 11.4 Å². The van der Waals surface area contributed by atoms with Crippen molar-refractivity contribution in [3.63, 3.8) is 0 Å². The molecule has 528 valence electrons. The number of aromatic nitrogens is 10. The Morgan fingerprint density at radius 1 is 0.524 bits per heavy atom. The number of imidazole rings is 2. The Labute approximate surface area is 585 Å². The van der Waals surface area contributed by atoms with Gasteiger partial charge in [-0.3, -0.25) is 32.5 Å². The van der Waals surface area contributed by atoms with Gasteiger partial charge in [-0.25, -0.2) is 56.2 Å². The smallest absolute Gasteiger partial charge is 0.337 e. The third-order valence-corrected chi connectivity index (χ3v) is 19.9. The summed E-state index contributed by atoms with van der Waals surface area (Å²) in [5, 5.41) is 9.30. The van der Waals surface area contributed by atoms with E-state index >= 15 is 0 Å². The number of amides is 2. The van der Waals surface area contributed by atoms with Gasteiger partial charge < -0.3 is 29.7 Å². The van der Waals surface area contributed by atoms with Crippen LogP contribution in [0.25, 0.3) is 67.0 Å². The molecule has 23 nitrogen and oxygen atoms in total. The third kappa shape index (κ3) is 15.3. The molecule has 3 fully saturated rings. The first-order valence-corrected chi connectivity index (χ1v) is 35.8. The van der Waals surface area contributed by atoms with Crippen molar-refractivity contribution < 1.29 is 39.8 Å². The zero-order valence-electron chi connectivity index (χ0n) is 55.8. The summed E-state index contributed by atoms with van der Waals surface area (Å²) in [4.78, 5) is 102. The highest BCUT2D eigenvalue weighted by atomic mass is 32.2. The lowest BCUT2D eigenvalue weighted by Gasteiger charge is -2.30. The van der Waals surface area contributed by atoms with E-state index in [1.807, 2.05) is 48.5 Å². The second kappa shape index (κ2) is 29.5. The van der Waals surface area contributed by atoms with E-state index in [9.17, 15) is 54.7 Å². The molecule has 0 atom stereocenters. The van der Waals surface area contributed by atoms with Crippen LogP contribution in [0.1, 0.15) is 95.6 Å². The molecule has 2 saturated carbocycles. The summed E-state index contributed by atoms with van der Waals surface area (Å²) in [6.45, 7) is 5.20. The van der Waals surface area contributed by atoms with Crippen molar-refractivity contribution in [2.45, 2.75) is 88.4 Å². The highest BCUT2D eigenvalue weighted by Gasteiger charge is 2.31. The van der Waals surface area contributed by atoms with Gasteiger partial charge in [-0.05, 0) is 158 Å². The predicted molar refractivity (Wildman–Crippen MR) is 379 cm³/mol. The molecule has 8 aromatic heterocycles. The van der Waals surface area contributed by atoms with Gasteiger partial charge in [0.2, 0.25) is 0 Å². The molecule has 103 heavy (non-hydrogen) atoms. The van der Waals surface area contributed by atoms with Crippen LogP contribution < -0.4 is 38.4 Å². The number of nitrogens with zero attached hydrogens (tertiary/aromatic N) is 11. The molecule has 1 aliphatic heterocycles. The number of rotatable bonds is 17. The topological polar surface area (TPSA) is 265 Å². The van der Waals surface area contributed by atoms with Crippen molar-refractivity contribution in [1.29, 1.82) is 0 Å². The van der Waals surface area contributed by atoms with Crippen molar-refractivity contribution in [2.75, 3.05) is 45.6 Å². The number of hydrogen-bond acceptors (Lipinski definition) is 15. The van der Waals surface area contributed by atoms with Crippen molar-refractivity contribution >= 4 is 55.3 Å². The van der Waals surface area contributed by atoms with Crippen LogP contribution in [0.2, 0.25) is 0 Å². The highest BCUT2D eigenvalue weighted by molar-refractivity contribution is 7.86. The van der Waals surface area contributed by atoms with Crippen molar-refractivity contribution in [3.05, 3.63) is 258 Å². The average molecular weight is 1420 g/mol. The summed E-state index contributed by atoms with van der Waals surface area (Å²) in [5.74, 6) is -3.08.